The molecule has 18 heavy (non-hydrogen) atoms. The Morgan fingerprint density at radius 2 is 2.22 bits per heavy atom. The number of hydrogen-bond donors (Lipinski definition) is 2. The molecule has 0 bridgehead atoms. The molecule has 0 radical (unpaired) electrons. The van der Waals surface area contributed by atoms with Gasteiger partial charge in [-0.05, 0) is 29.9 Å². The first kappa shape index (κ1) is 15.1. The van der Waals surface area contributed by atoms with E-state index >= 15 is 0 Å². The summed E-state index contributed by atoms with van der Waals surface area (Å²) in [5, 5.41) is 21.7. The molecule has 0 fully saturated rings. The van der Waals surface area contributed by atoms with Gasteiger partial charge in [0.1, 0.15) is 6.10 Å². The maximum absolute atomic E-state index is 11.1. The molecule has 1 aromatic heterocycles. The third-order valence-electron chi connectivity index (χ3n) is 2.82. The number of carbonyl (C=O) groups is 1. The van der Waals surface area contributed by atoms with E-state index < -0.39 is 18.2 Å². The van der Waals surface area contributed by atoms with Crippen molar-refractivity contribution in [3.63, 3.8) is 0 Å². The van der Waals surface area contributed by atoms with E-state index in [-0.39, 0.29) is 6.42 Å². The topological polar surface area (TPSA) is 66.8 Å². The Morgan fingerprint density at radius 3 is 2.83 bits per heavy atom. The molecule has 2 atom stereocenters. The van der Waals surface area contributed by atoms with Gasteiger partial charge in [-0.1, -0.05) is 13.3 Å². The quantitative estimate of drug-likeness (QED) is 0.746. The fourth-order valence-corrected chi connectivity index (χ4v) is 2.72. The van der Waals surface area contributed by atoms with Gasteiger partial charge in [0.15, 0.2) is 0 Å². The van der Waals surface area contributed by atoms with Crippen LogP contribution in [0.25, 0.3) is 0 Å². The molecule has 2 N–H and O–H groups in total. The molecule has 2 unspecified atom stereocenters. The summed E-state index contributed by atoms with van der Waals surface area (Å²) in [6, 6.07) is 1.96. The third kappa shape index (κ3) is 4.08. The number of thiophene rings is 1. The van der Waals surface area contributed by atoms with Crippen LogP contribution in [0.1, 0.15) is 42.7 Å². The van der Waals surface area contributed by atoms with Crippen molar-refractivity contribution in [1.82, 2.24) is 0 Å². The second-order valence-electron chi connectivity index (χ2n) is 4.21. The van der Waals surface area contributed by atoms with Crippen molar-refractivity contribution >= 4 is 17.3 Å². The average Bonchev–Trinajstić information content (AvgIpc) is 2.83. The van der Waals surface area contributed by atoms with E-state index in [2.05, 4.69) is 11.7 Å². The molecule has 0 aliphatic rings. The zero-order valence-electron chi connectivity index (χ0n) is 10.8. The number of methoxy groups -OCH3 is 1. The smallest absolute Gasteiger partial charge is 0.308 e. The first-order valence-corrected chi connectivity index (χ1v) is 6.97. The SMILES string of the molecule is CCCCc1ccsc1C(O)C(O)CC(=O)OC. The summed E-state index contributed by atoms with van der Waals surface area (Å²) in [6.07, 6.45) is 0.687. The van der Waals surface area contributed by atoms with Crippen LogP contribution in [0.5, 0.6) is 0 Å². The lowest BCUT2D eigenvalue weighted by Gasteiger charge is -2.17. The van der Waals surface area contributed by atoms with Crippen molar-refractivity contribution in [3.05, 3.63) is 21.9 Å². The normalized spacial score (nSPS) is 14.2. The van der Waals surface area contributed by atoms with E-state index in [9.17, 15) is 15.0 Å². The number of carbonyl (C=O) groups excluding carboxylic acids is 1. The van der Waals surface area contributed by atoms with Crippen LogP contribution in [0, 0.1) is 0 Å². The molecular formula is C13H20O4S. The highest BCUT2D eigenvalue weighted by Gasteiger charge is 2.24. The molecule has 5 heteroatoms. The number of aliphatic hydroxyl groups is 2. The first-order valence-electron chi connectivity index (χ1n) is 6.09. The van der Waals surface area contributed by atoms with Crippen LogP contribution >= 0.6 is 11.3 Å². The van der Waals surface area contributed by atoms with Crippen LogP contribution in [-0.2, 0) is 16.0 Å². The van der Waals surface area contributed by atoms with Crippen LogP contribution in [0.3, 0.4) is 0 Å². The molecule has 1 heterocycles. The number of esters is 1. The van der Waals surface area contributed by atoms with Crippen LogP contribution in [0.2, 0.25) is 0 Å². The molecule has 0 amide bonds. The summed E-state index contributed by atoms with van der Waals surface area (Å²) in [7, 11) is 1.26. The number of rotatable bonds is 7. The molecule has 0 aliphatic heterocycles. The maximum Gasteiger partial charge on any atom is 0.308 e. The Morgan fingerprint density at radius 1 is 1.50 bits per heavy atom. The van der Waals surface area contributed by atoms with Crippen molar-refractivity contribution < 1.29 is 19.7 Å². The van der Waals surface area contributed by atoms with Crippen molar-refractivity contribution in [1.29, 1.82) is 0 Å². The van der Waals surface area contributed by atoms with Crippen molar-refractivity contribution in [2.45, 2.75) is 44.8 Å². The lowest BCUT2D eigenvalue weighted by Crippen LogP contribution is -2.22. The van der Waals surface area contributed by atoms with Crippen LogP contribution in [0.4, 0.5) is 0 Å². The van der Waals surface area contributed by atoms with Crippen molar-refractivity contribution in [2.24, 2.45) is 0 Å². The highest BCUT2D eigenvalue weighted by molar-refractivity contribution is 7.10. The highest BCUT2D eigenvalue weighted by Crippen LogP contribution is 2.29. The van der Waals surface area contributed by atoms with Gasteiger partial charge in [-0.25, -0.2) is 0 Å². The van der Waals surface area contributed by atoms with Gasteiger partial charge in [0, 0.05) is 4.88 Å². The van der Waals surface area contributed by atoms with E-state index in [0.717, 1.165) is 29.7 Å². The summed E-state index contributed by atoms with van der Waals surface area (Å²) >= 11 is 1.41. The molecular weight excluding hydrogens is 252 g/mol. The zero-order chi connectivity index (χ0) is 13.5. The number of aryl methyl sites for hydroxylation is 1. The standard InChI is InChI=1S/C13H20O4S/c1-3-4-5-9-6-7-18-13(9)12(16)10(14)8-11(15)17-2/h6-7,10,12,14,16H,3-5,8H2,1-2H3. The minimum Gasteiger partial charge on any atom is -0.469 e. The minimum absolute atomic E-state index is 0.192. The molecule has 4 nitrogen and oxygen atoms in total. The number of hydrogen-bond acceptors (Lipinski definition) is 5. The fraction of sp³-hybridized carbons (Fsp3) is 0.615. The second kappa shape index (κ2) is 7.51. The number of unbranched alkanes of at least 4 members (excludes halogenated alkanes) is 1. The molecule has 1 aromatic rings. The largest absolute Gasteiger partial charge is 0.469 e. The van der Waals surface area contributed by atoms with E-state index in [1.54, 1.807) is 0 Å². The summed E-state index contributed by atoms with van der Waals surface area (Å²) in [6.45, 7) is 2.11. The van der Waals surface area contributed by atoms with Crippen LogP contribution in [0.15, 0.2) is 11.4 Å². The van der Waals surface area contributed by atoms with Gasteiger partial charge in [0.25, 0.3) is 0 Å². The molecule has 0 aromatic carbocycles. The average molecular weight is 272 g/mol. The van der Waals surface area contributed by atoms with Gasteiger partial charge in [-0.15, -0.1) is 11.3 Å². The molecule has 102 valence electrons. The Bertz CT molecular complexity index is 375. The van der Waals surface area contributed by atoms with Crippen LogP contribution < -0.4 is 0 Å². The van der Waals surface area contributed by atoms with E-state index in [1.807, 2.05) is 11.4 Å². The second-order valence-corrected chi connectivity index (χ2v) is 5.15. The van der Waals surface area contributed by atoms with Gasteiger partial charge in [-0.2, -0.15) is 0 Å². The lowest BCUT2D eigenvalue weighted by atomic mass is 10.0. The van der Waals surface area contributed by atoms with E-state index in [4.69, 9.17) is 0 Å². The first-order chi connectivity index (χ1) is 8.60. The maximum atomic E-state index is 11.1. The number of ether oxygens (including phenoxy) is 1. The lowest BCUT2D eigenvalue weighted by molar-refractivity contribution is -0.144. The Kier molecular flexibility index (Phi) is 6.32. The molecule has 0 spiro atoms. The Labute approximate surface area is 111 Å². The van der Waals surface area contributed by atoms with Gasteiger partial charge in [0.2, 0.25) is 0 Å². The van der Waals surface area contributed by atoms with E-state index in [1.165, 1.54) is 18.4 Å². The zero-order valence-corrected chi connectivity index (χ0v) is 11.6. The summed E-state index contributed by atoms with van der Waals surface area (Å²) in [4.78, 5) is 11.8. The third-order valence-corrected chi connectivity index (χ3v) is 3.85. The fourth-order valence-electron chi connectivity index (χ4n) is 1.72. The monoisotopic (exact) mass is 272 g/mol. The van der Waals surface area contributed by atoms with Gasteiger partial charge < -0.3 is 14.9 Å². The molecule has 0 saturated carbocycles. The molecule has 0 saturated heterocycles. The van der Waals surface area contributed by atoms with Gasteiger partial charge in [-0.3, -0.25) is 4.79 Å². The number of aliphatic hydroxyl groups excluding tert-OH is 2. The summed E-state index contributed by atoms with van der Waals surface area (Å²) in [5.41, 5.74) is 1.05. The Hall–Kier alpha value is -0.910. The minimum atomic E-state index is -1.11. The predicted octanol–water partition coefficient (Wildman–Crippen LogP) is 2.05. The summed E-state index contributed by atoms with van der Waals surface area (Å²) in [5.74, 6) is -0.520. The van der Waals surface area contributed by atoms with Gasteiger partial charge >= 0.3 is 5.97 Å². The molecule has 0 aliphatic carbocycles. The van der Waals surface area contributed by atoms with Crippen molar-refractivity contribution in [2.75, 3.05) is 7.11 Å². The Balaban J connectivity index is 2.67. The van der Waals surface area contributed by atoms with Gasteiger partial charge in [0.05, 0.1) is 19.6 Å². The van der Waals surface area contributed by atoms with Crippen molar-refractivity contribution in [3.8, 4) is 0 Å². The predicted molar refractivity (Wildman–Crippen MR) is 70.5 cm³/mol. The highest BCUT2D eigenvalue weighted by atomic mass is 32.1. The van der Waals surface area contributed by atoms with Crippen LogP contribution in [-0.4, -0.2) is 29.4 Å². The summed E-state index contributed by atoms with van der Waals surface area (Å²) < 4.78 is 4.48. The van der Waals surface area contributed by atoms with E-state index in [0.29, 0.717) is 0 Å². The molecule has 1 rings (SSSR count).